The van der Waals surface area contributed by atoms with Gasteiger partial charge in [-0.15, -0.1) is 0 Å². The average Bonchev–Trinajstić information content (AvgIpc) is 2.81. The first-order valence-corrected chi connectivity index (χ1v) is 7.67. The molecule has 0 aromatic carbocycles. The first-order valence-electron chi connectivity index (χ1n) is 7.67. The number of hydrogen-bond acceptors (Lipinski definition) is 6. The number of likely N-dealkylation sites (N-methyl/N-ethyl adjacent to an activating group) is 1. The van der Waals surface area contributed by atoms with Gasteiger partial charge in [-0.25, -0.2) is 0 Å². The maximum Gasteiger partial charge on any atom is 0.311 e. The van der Waals surface area contributed by atoms with Gasteiger partial charge < -0.3 is 23.8 Å². The van der Waals surface area contributed by atoms with Gasteiger partial charge in [0, 0.05) is 26.2 Å². The maximum absolute atomic E-state index is 12.2. The average molecular weight is 303 g/mol. The topological polar surface area (TPSA) is 57.2 Å². The van der Waals surface area contributed by atoms with Crippen LogP contribution in [0.3, 0.4) is 0 Å². The molecule has 2 unspecified atom stereocenters. The summed E-state index contributed by atoms with van der Waals surface area (Å²) in [6, 6.07) is 0. The summed E-state index contributed by atoms with van der Waals surface area (Å²) in [7, 11) is 3.87. The smallest absolute Gasteiger partial charge is 0.311 e. The van der Waals surface area contributed by atoms with E-state index < -0.39 is 17.8 Å². The number of nitrogens with zero attached hydrogens (tertiary/aromatic N) is 1. The molecule has 1 aliphatic rings. The second-order valence-corrected chi connectivity index (χ2v) is 5.48. The SMILES string of the molecule is CCOC1(OCC)CCOC1C(C)C(=O)OCCN(C)C. The summed E-state index contributed by atoms with van der Waals surface area (Å²) < 4.78 is 22.6. The van der Waals surface area contributed by atoms with Crippen molar-refractivity contribution in [1.82, 2.24) is 4.90 Å². The molecule has 1 saturated heterocycles. The lowest BCUT2D eigenvalue weighted by Gasteiger charge is -2.35. The maximum atomic E-state index is 12.2. The van der Waals surface area contributed by atoms with E-state index in [9.17, 15) is 4.79 Å². The van der Waals surface area contributed by atoms with Crippen LogP contribution in [0.1, 0.15) is 27.2 Å². The summed E-state index contributed by atoms with van der Waals surface area (Å²) >= 11 is 0. The van der Waals surface area contributed by atoms with Crippen molar-refractivity contribution in [3.63, 3.8) is 0 Å². The Kier molecular flexibility index (Phi) is 7.59. The van der Waals surface area contributed by atoms with Crippen LogP contribution < -0.4 is 0 Å². The summed E-state index contributed by atoms with van der Waals surface area (Å²) in [4.78, 5) is 14.1. The van der Waals surface area contributed by atoms with Crippen molar-refractivity contribution >= 4 is 5.97 Å². The van der Waals surface area contributed by atoms with Crippen molar-refractivity contribution in [2.75, 3.05) is 47.1 Å². The van der Waals surface area contributed by atoms with Gasteiger partial charge >= 0.3 is 5.97 Å². The molecular formula is C15H29NO5. The second kappa shape index (κ2) is 8.68. The van der Waals surface area contributed by atoms with E-state index in [1.54, 1.807) is 6.92 Å². The Balaban J connectivity index is 2.64. The van der Waals surface area contributed by atoms with Gasteiger partial charge in [-0.2, -0.15) is 0 Å². The normalized spacial score (nSPS) is 22.5. The zero-order valence-electron chi connectivity index (χ0n) is 13.9. The van der Waals surface area contributed by atoms with E-state index in [0.29, 0.717) is 39.4 Å². The first-order chi connectivity index (χ1) is 9.96. The van der Waals surface area contributed by atoms with Gasteiger partial charge in [0.05, 0.1) is 12.5 Å². The standard InChI is InChI=1S/C15H29NO5/c1-6-20-15(21-7-2)8-10-18-13(15)12(3)14(17)19-11-9-16(4)5/h12-13H,6-11H2,1-5H3. The largest absolute Gasteiger partial charge is 0.464 e. The molecule has 2 atom stereocenters. The fourth-order valence-corrected chi connectivity index (χ4v) is 2.55. The zero-order valence-corrected chi connectivity index (χ0v) is 13.9. The molecule has 1 heterocycles. The second-order valence-electron chi connectivity index (χ2n) is 5.48. The Hall–Kier alpha value is -0.690. The van der Waals surface area contributed by atoms with E-state index in [1.165, 1.54) is 0 Å². The van der Waals surface area contributed by atoms with Gasteiger partial charge in [-0.05, 0) is 34.9 Å². The minimum absolute atomic E-state index is 0.271. The summed E-state index contributed by atoms with van der Waals surface area (Å²) in [6.07, 6.45) is 0.207. The van der Waals surface area contributed by atoms with E-state index in [-0.39, 0.29) is 5.97 Å². The summed E-state index contributed by atoms with van der Waals surface area (Å²) in [5, 5.41) is 0. The van der Waals surface area contributed by atoms with Crippen LogP contribution in [-0.4, -0.2) is 69.8 Å². The van der Waals surface area contributed by atoms with Crippen LogP contribution in [0.15, 0.2) is 0 Å². The molecule has 0 N–H and O–H groups in total. The zero-order chi connectivity index (χ0) is 15.9. The predicted octanol–water partition coefficient (Wildman–Crippen LogP) is 1.29. The number of carbonyl (C=O) groups excluding carboxylic acids is 1. The Morgan fingerprint density at radius 3 is 2.48 bits per heavy atom. The number of hydrogen-bond donors (Lipinski definition) is 0. The number of esters is 1. The van der Waals surface area contributed by atoms with E-state index >= 15 is 0 Å². The quantitative estimate of drug-likeness (QED) is 0.472. The summed E-state index contributed by atoms with van der Waals surface area (Å²) in [5.74, 6) is -1.52. The van der Waals surface area contributed by atoms with Crippen molar-refractivity contribution in [3.8, 4) is 0 Å². The Labute approximate surface area is 127 Å². The van der Waals surface area contributed by atoms with Gasteiger partial charge in [-0.3, -0.25) is 4.79 Å². The lowest BCUT2D eigenvalue weighted by atomic mass is 9.96. The van der Waals surface area contributed by atoms with Gasteiger partial charge in [0.25, 0.3) is 0 Å². The Bertz CT molecular complexity index is 315. The molecule has 0 saturated carbocycles. The lowest BCUT2D eigenvalue weighted by Crippen LogP contribution is -2.49. The monoisotopic (exact) mass is 303 g/mol. The third-order valence-corrected chi connectivity index (χ3v) is 3.57. The molecule has 0 spiro atoms. The van der Waals surface area contributed by atoms with Gasteiger partial charge in [0.1, 0.15) is 12.7 Å². The molecule has 124 valence electrons. The van der Waals surface area contributed by atoms with E-state index in [1.807, 2.05) is 32.8 Å². The van der Waals surface area contributed by atoms with Crippen molar-refractivity contribution < 1.29 is 23.7 Å². The van der Waals surface area contributed by atoms with Crippen molar-refractivity contribution in [1.29, 1.82) is 0 Å². The summed E-state index contributed by atoms with van der Waals surface area (Å²) in [5.41, 5.74) is 0. The van der Waals surface area contributed by atoms with Crippen LogP contribution in [0.4, 0.5) is 0 Å². The van der Waals surface area contributed by atoms with Crippen LogP contribution in [0, 0.1) is 5.92 Å². The molecule has 6 heteroatoms. The van der Waals surface area contributed by atoms with Crippen molar-refractivity contribution in [3.05, 3.63) is 0 Å². The van der Waals surface area contributed by atoms with Gasteiger partial charge in [0.2, 0.25) is 0 Å². The number of carbonyl (C=O) groups is 1. The highest BCUT2D eigenvalue weighted by Gasteiger charge is 2.51. The van der Waals surface area contributed by atoms with Crippen LogP contribution in [0.25, 0.3) is 0 Å². The molecule has 0 bridgehead atoms. The van der Waals surface area contributed by atoms with Crippen LogP contribution in [0.2, 0.25) is 0 Å². The molecule has 0 amide bonds. The first kappa shape index (κ1) is 18.4. The van der Waals surface area contributed by atoms with Crippen molar-refractivity contribution in [2.45, 2.75) is 39.1 Å². The highest BCUT2D eigenvalue weighted by Crippen LogP contribution is 2.36. The molecule has 1 rings (SSSR count). The minimum atomic E-state index is -0.830. The van der Waals surface area contributed by atoms with Crippen molar-refractivity contribution in [2.24, 2.45) is 5.92 Å². The minimum Gasteiger partial charge on any atom is -0.464 e. The molecule has 0 aliphatic carbocycles. The van der Waals surface area contributed by atoms with E-state index in [0.717, 1.165) is 0 Å². The molecule has 6 nitrogen and oxygen atoms in total. The number of ether oxygens (including phenoxy) is 4. The third kappa shape index (κ3) is 4.92. The molecule has 0 aromatic heterocycles. The van der Waals surface area contributed by atoms with Crippen LogP contribution in [0.5, 0.6) is 0 Å². The Morgan fingerprint density at radius 2 is 1.95 bits per heavy atom. The summed E-state index contributed by atoms with van der Waals surface area (Å²) in [6.45, 7) is 8.27. The molecule has 0 radical (unpaired) electrons. The Morgan fingerprint density at radius 1 is 1.33 bits per heavy atom. The van der Waals surface area contributed by atoms with E-state index in [2.05, 4.69) is 0 Å². The highest BCUT2D eigenvalue weighted by molar-refractivity contribution is 5.73. The number of rotatable bonds is 9. The van der Waals surface area contributed by atoms with Gasteiger partial charge in [0.15, 0.2) is 5.79 Å². The van der Waals surface area contributed by atoms with Gasteiger partial charge in [-0.1, -0.05) is 0 Å². The predicted molar refractivity (Wildman–Crippen MR) is 79.0 cm³/mol. The molecule has 1 fully saturated rings. The molecule has 21 heavy (non-hydrogen) atoms. The molecule has 1 aliphatic heterocycles. The fourth-order valence-electron chi connectivity index (χ4n) is 2.55. The van der Waals surface area contributed by atoms with E-state index in [4.69, 9.17) is 18.9 Å². The lowest BCUT2D eigenvalue weighted by molar-refractivity contribution is -0.264. The fraction of sp³-hybridized carbons (Fsp3) is 0.933. The van der Waals surface area contributed by atoms with Crippen LogP contribution >= 0.6 is 0 Å². The van der Waals surface area contributed by atoms with Crippen LogP contribution in [-0.2, 0) is 23.7 Å². The molecule has 0 aromatic rings. The molecular weight excluding hydrogens is 274 g/mol. The third-order valence-electron chi connectivity index (χ3n) is 3.57. The highest BCUT2D eigenvalue weighted by atomic mass is 16.7.